The van der Waals surface area contributed by atoms with Crippen molar-refractivity contribution in [1.82, 2.24) is 0 Å². The summed E-state index contributed by atoms with van der Waals surface area (Å²) in [5.74, 6) is 0. The van der Waals surface area contributed by atoms with Crippen LogP contribution in [0.3, 0.4) is 0 Å². The highest BCUT2D eigenvalue weighted by molar-refractivity contribution is 7.10. The highest BCUT2D eigenvalue weighted by atomic mass is 32.1. The van der Waals surface area contributed by atoms with Crippen LogP contribution >= 0.6 is 11.3 Å². The predicted octanol–water partition coefficient (Wildman–Crippen LogP) is 3.83. The molecule has 18 heavy (non-hydrogen) atoms. The van der Waals surface area contributed by atoms with Crippen molar-refractivity contribution >= 4 is 11.3 Å². The number of benzene rings is 1. The van der Waals surface area contributed by atoms with E-state index in [1.807, 2.05) is 18.2 Å². The highest BCUT2D eigenvalue weighted by Crippen LogP contribution is 2.30. The Kier molecular flexibility index (Phi) is 4.53. The molecule has 0 amide bonds. The molecule has 96 valence electrons. The van der Waals surface area contributed by atoms with Crippen LogP contribution in [-0.4, -0.2) is 6.54 Å². The molecule has 0 spiro atoms. The van der Waals surface area contributed by atoms with E-state index in [4.69, 9.17) is 10.5 Å². The predicted molar refractivity (Wildman–Crippen MR) is 76.8 cm³/mol. The first-order chi connectivity index (χ1) is 8.72. The second-order valence-corrected chi connectivity index (χ2v) is 5.33. The van der Waals surface area contributed by atoms with Gasteiger partial charge in [-0.2, -0.15) is 0 Å². The van der Waals surface area contributed by atoms with Gasteiger partial charge in [0.1, 0.15) is 6.10 Å². The van der Waals surface area contributed by atoms with Crippen LogP contribution in [0.25, 0.3) is 0 Å². The molecule has 0 aliphatic carbocycles. The maximum Gasteiger partial charge on any atom is 0.105 e. The minimum Gasteiger partial charge on any atom is -0.364 e. The summed E-state index contributed by atoms with van der Waals surface area (Å²) in [6.07, 6.45) is 0.0430. The molecule has 0 saturated heterocycles. The summed E-state index contributed by atoms with van der Waals surface area (Å²) in [4.78, 5) is 1.24. The summed E-state index contributed by atoms with van der Waals surface area (Å²) in [7, 11) is 0. The SMILES string of the molecule is Cc1ccsc1C(CN)OC(C)c1ccccc1. The van der Waals surface area contributed by atoms with Crippen molar-refractivity contribution in [2.75, 3.05) is 6.54 Å². The van der Waals surface area contributed by atoms with E-state index >= 15 is 0 Å². The van der Waals surface area contributed by atoms with Gasteiger partial charge in [-0.05, 0) is 36.4 Å². The molecule has 0 saturated carbocycles. The monoisotopic (exact) mass is 261 g/mol. The first kappa shape index (κ1) is 13.3. The average Bonchev–Trinajstić information content (AvgIpc) is 2.83. The third-order valence-electron chi connectivity index (χ3n) is 3.05. The number of aryl methyl sites for hydroxylation is 1. The van der Waals surface area contributed by atoms with Gasteiger partial charge in [0.25, 0.3) is 0 Å². The van der Waals surface area contributed by atoms with E-state index in [0.717, 1.165) is 0 Å². The Morgan fingerprint density at radius 2 is 1.94 bits per heavy atom. The molecule has 0 fully saturated rings. The number of nitrogens with two attached hydrogens (primary N) is 1. The van der Waals surface area contributed by atoms with E-state index in [0.29, 0.717) is 6.54 Å². The fourth-order valence-corrected chi connectivity index (χ4v) is 2.96. The van der Waals surface area contributed by atoms with Gasteiger partial charge in [-0.25, -0.2) is 0 Å². The lowest BCUT2D eigenvalue weighted by Gasteiger charge is -2.21. The number of hydrogen-bond acceptors (Lipinski definition) is 3. The molecule has 2 unspecified atom stereocenters. The largest absolute Gasteiger partial charge is 0.364 e. The van der Waals surface area contributed by atoms with E-state index in [1.54, 1.807) is 11.3 Å². The molecular weight excluding hydrogens is 242 g/mol. The summed E-state index contributed by atoms with van der Waals surface area (Å²) in [6.45, 7) is 4.69. The zero-order valence-corrected chi connectivity index (χ0v) is 11.6. The first-order valence-electron chi connectivity index (χ1n) is 6.17. The quantitative estimate of drug-likeness (QED) is 0.887. The zero-order valence-electron chi connectivity index (χ0n) is 10.8. The average molecular weight is 261 g/mol. The van der Waals surface area contributed by atoms with Gasteiger partial charge in [0.05, 0.1) is 6.10 Å². The van der Waals surface area contributed by atoms with Crippen LogP contribution in [0.5, 0.6) is 0 Å². The van der Waals surface area contributed by atoms with Gasteiger partial charge in [-0.1, -0.05) is 30.3 Å². The second kappa shape index (κ2) is 6.14. The minimum atomic E-state index is -0.0137. The fourth-order valence-electron chi connectivity index (χ4n) is 1.99. The van der Waals surface area contributed by atoms with E-state index in [-0.39, 0.29) is 12.2 Å². The highest BCUT2D eigenvalue weighted by Gasteiger charge is 2.18. The standard InChI is InChI=1S/C15H19NOS/c1-11-8-9-18-15(11)14(10-16)17-12(2)13-6-4-3-5-7-13/h3-9,12,14H,10,16H2,1-2H3. The van der Waals surface area contributed by atoms with E-state index in [9.17, 15) is 0 Å². The van der Waals surface area contributed by atoms with E-state index < -0.39 is 0 Å². The third-order valence-corrected chi connectivity index (χ3v) is 4.16. The molecule has 2 N–H and O–H groups in total. The van der Waals surface area contributed by atoms with Gasteiger partial charge in [0.15, 0.2) is 0 Å². The molecule has 0 aliphatic rings. The molecular formula is C15H19NOS. The smallest absolute Gasteiger partial charge is 0.105 e. The topological polar surface area (TPSA) is 35.2 Å². The Hall–Kier alpha value is -1.16. The van der Waals surface area contributed by atoms with Crippen molar-refractivity contribution in [3.63, 3.8) is 0 Å². The Bertz CT molecular complexity index is 480. The normalized spacial score (nSPS) is 14.4. The molecule has 1 aromatic heterocycles. The van der Waals surface area contributed by atoms with Crippen molar-refractivity contribution in [2.24, 2.45) is 5.73 Å². The molecule has 0 aliphatic heterocycles. The van der Waals surface area contributed by atoms with Gasteiger partial charge in [0, 0.05) is 11.4 Å². The van der Waals surface area contributed by atoms with Crippen LogP contribution in [0.2, 0.25) is 0 Å². The van der Waals surface area contributed by atoms with Crippen molar-refractivity contribution < 1.29 is 4.74 Å². The van der Waals surface area contributed by atoms with Crippen molar-refractivity contribution in [3.05, 3.63) is 57.8 Å². The van der Waals surface area contributed by atoms with Gasteiger partial charge in [-0.3, -0.25) is 0 Å². The lowest BCUT2D eigenvalue weighted by molar-refractivity contribution is 0.00191. The summed E-state index contributed by atoms with van der Waals surface area (Å²) in [5, 5.41) is 2.09. The maximum absolute atomic E-state index is 6.10. The number of ether oxygens (including phenoxy) is 1. The first-order valence-corrected chi connectivity index (χ1v) is 7.04. The van der Waals surface area contributed by atoms with Crippen LogP contribution in [0.15, 0.2) is 41.8 Å². The van der Waals surface area contributed by atoms with Crippen LogP contribution in [0, 0.1) is 6.92 Å². The lowest BCUT2D eigenvalue weighted by Crippen LogP contribution is -2.17. The number of hydrogen-bond donors (Lipinski definition) is 1. The molecule has 1 aromatic carbocycles. The molecule has 0 radical (unpaired) electrons. The molecule has 2 rings (SSSR count). The van der Waals surface area contributed by atoms with Gasteiger partial charge in [0.2, 0.25) is 0 Å². The Labute approximate surface area is 112 Å². The van der Waals surface area contributed by atoms with Crippen molar-refractivity contribution in [1.29, 1.82) is 0 Å². The minimum absolute atomic E-state index is 0.0137. The lowest BCUT2D eigenvalue weighted by atomic mass is 10.1. The molecule has 3 heteroatoms. The van der Waals surface area contributed by atoms with Gasteiger partial charge < -0.3 is 10.5 Å². The fraction of sp³-hybridized carbons (Fsp3) is 0.333. The molecule has 2 nitrogen and oxygen atoms in total. The Morgan fingerprint density at radius 3 is 2.50 bits per heavy atom. The Morgan fingerprint density at radius 1 is 1.22 bits per heavy atom. The molecule has 2 aromatic rings. The maximum atomic E-state index is 6.10. The number of thiophene rings is 1. The van der Waals surface area contributed by atoms with Crippen LogP contribution in [0.1, 0.15) is 35.1 Å². The van der Waals surface area contributed by atoms with E-state index in [2.05, 4.69) is 37.4 Å². The third kappa shape index (κ3) is 2.99. The molecule has 2 atom stereocenters. The molecule has 1 heterocycles. The van der Waals surface area contributed by atoms with Gasteiger partial charge in [-0.15, -0.1) is 11.3 Å². The van der Waals surface area contributed by atoms with Crippen LogP contribution in [0.4, 0.5) is 0 Å². The summed E-state index contributed by atoms with van der Waals surface area (Å²) in [5.41, 5.74) is 8.29. The summed E-state index contributed by atoms with van der Waals surface area (Å²) >= 11 is 1.71. The van der Waals surface area contributed by atoms with Crippen LogP contribution < -0.4 is 5.73 Å². The summed E-state index contributed by atoms with van der Waals surface area (Å²) in [6, 6.07) is 12.4. The van der Waals surface area contributed by atoms with E-state index in [1.165, 1.54) is 16.0 Å². The molecule has 0 bridgehead atoms. The Balaban J connectivity index is 2.10. The van der Waals surface area contributed by atoms with Crippen molar-refractivity contribution in [3.8, 4) is 0 Å². The van der Waals surface area contributed by atoms with Gasteiger partial charge >= 0.3 is 0 Å². The number of rotatable bonds is 5. The summed E-state index contributed by atoms with van der Waals surface area (Å²) < 4.78 is 6.10. The zero-order chi connectivity index (χ0) is 13.0. The van der Waals surface area contributed by atoms with Crippen molar-refractivity contribution in [2.45, 2.75) is 26.1 Å². The second-order valence-electron chi connectivity index (χ2n) is 4.38. The van der Waals surface area contributed by atoms with Crippen LogP contribution in [-0.2, 0) is 4.74 Å².